The second-order valence-electron chi connectivity index (χ2n) is 5.23. The predicted octanol–water partition coefficient (Wildman–Crippen LogP) is 0.466. The highest BCUT2D eigenvalue weighted by molar-refractivity contribution is 5.93. The SMILES string of the molecule is NC(=O)C1=CC=C2CN3CCCCC(C3)N2C1. The molecule has 2 atom stereocenters. The van der Waals surface area contributed by atoms with Crippen molar-refractivity contribution in [3.8, 4) is 0 Å². The van der Waals surface area contributed by atoms with Crippen LogP contribution in [0.1, 0.15) is 19.3 Å². The Kier molecular flexibility index (Phi) is 2.67. The van der Waals surface area contributed by atoms with Crippen LogP contribution in [0.3, 0.4) is 0 Å². The maximum absolute atomic E-state index is 11.3. The second kappa shape index (κ2) is 4.18. The average Bonchev–Trinajstić information content (AvgIpc) is 2.51. The molecule has 0 saturated carbocycles. The molecule has 2 saturated heterocycles. The summed E-state index contributed by atoms with van der Waals surface area (Å²) in [6.45, 7) is 4.09. The van der Waals surface area contributed by atoms with Gasteiger partial charge in [0.2, 0.25) is 5.91 Å². The van der Waals surface area contributed by atoms with E-state index in [-0.39, 0.29) is 5.91 Å². The Labute approximate surface area is 102 Å². The van der Waals surface area contributed by atoms with Crippen molar-refractivity contribution in [2.45, 2.75) is 25.3 Å². The number of hydrogen-bond acceptors (Lipinski definition) is 3. The number of nitrogens with zero attached hydrogens (tertiary/aromatic N) is 2. The lowest BCUT2D eigenvalue weighted by Crippen LogP contribution is -2.52. The summed E-state index contributed by atoms with van der Waals surface area (Å²) in [6, 6.07) is 0.570. The highest BCUT2D eigenvalue weighted by atomic mass is 16.1. The van der Waals surface area contributed by atoms with Gasteiger partial charge in [-0.1, -0.05) is 6.42 Å². The van der Waals surface area contributed by atoms with Gasteiger partial charge >= 0.3 is 0 Å². The van der Waals surface area contributed by atoms with Crippen LogP contribution in [0.4, 0.5) is 0 Å². The smallest absolute Gasteiger partial charge is 0.246 e. The van der Waals surface area contributed by atoms with Crippen LogP contribution in [0.5, 0.6) is 0 Å². The minimum absolute atomic E-state index is 0.281. The Morgan fingerprint density at radius 2 is 2.18 bits per heavy atom. The number of carbonyl (C=O) groups excluding carboxylic acids is 1. The number of carbonyl (C=O) groups is 1. The Morgan fingerprint density at radius 1 is 1.29 bits per heavy atom. The zero-order valence-corrected chi connectivity index (χ0v) is 10.1. The maximum Gasteiger partial charge on any atom is 0.246 e. The molecule has 0 aromatic rings. The average molecular weight is 233 g/mol. The van der Waals surface area contributed by atoms with Crippen molar-refractivity contribution in [3.05, 3.63) is 23.4 Å². The fourth-order valence-corrected chi connectivity index (χ4v) is 3.12. The zero-order chi connectivity index (χ0) is 11.8. The fraction of sp³-hybridized carbons (Fsp3) is 0.615. The molecule has 3 aliphatic rings. The molecule has 3 heterocycles. The van der Waals surface area contributed by atoms with Crippen LogP contribution < -0.4 is 5.73 Å². The maximum atomic E-state index is 11.3. The van der Waals surface area contributed by atoms with E-state index in [0.717, 1.165) is 18.7 Å². The van der Waals surface area contributed by atoms with Crippen LogP contribution >= 0.6 is 0 Å². The number of primary amides is 1. The Bertz CT molecular complexity index is 399. The van der Waals surface area contributed by atoms with Gasteiger partial charge in [0, 0.05) is 36.9 Å². The van der Waals surface area contributed by atoms with Crippen molar-refractivity contribution in [1.82, 2.24) is 9.80 Å². The molecule has 1 amide bonds. The molecule has 0 aromatic carbocycles. The first-order chi connectivity index (χ1) is 8.24. The predicted molar refractivity (Wildman–Crippen MR) is 66.1 cm³/mol. The summed E-state index contributed by atoms with van der Waals surface area (Å²) < 4.78 is 0. The van der Waals surface area contributed by atoms with Crippen molar-refractivity contribution in [2.24, 2.45) is 5.73 Å². The minimum Gasteiger partial charge on any atom is -0.366 e. The van der Waals surface area contributed by atoms with E-state index in [1.807, 2.05) is 6.08 Å². The molecule has 92 valence electrons. The second-order valence-corrected chi connectivity index (χ2v) is 5.23. The molecule has 3 rings (SSSR count). The molecule has 4 heteroatoms. The van der Waals surface area contributed by atoms with Crippen LogP contribution in [0, 0.1) is 0 Å². The summed E-state index contributed by atoms with van der Waals surface area (Å²) in [7, 11) is 0. The summed E-state index contributed by atoms with van der Waals surface area (Å²) in [5.74, 6) is -0.281. The number of amides is 1. The molecule has 17 heavy (non-hydrogen) atoms. The van der Waals surface area contributed by atoms with Gasteiger partial charge in [0.1, 0.15) is 0 Å². The summed E-state index contributed by atoms with van der Waals surface area (Å²) in [5.41, 5.74) is 7.47. The van der Waals surface area contributed by atoms with E-state index < -0.39 is 0 Å². The lowest BCUT2D eigenvalue weighted by Gasteiger charge is -2.44. The first-order valence-electron chi connectivity index (χ1n) is 6.42. The van der Waals surface area contributed by atoms with Gasteiger partial charge in [-0.05, 0) is 31.5 Å². The molecular formula is C13H19N3O. The Balaban J connectivity index is 1.86. The largest absolute Gasteiger partial charge is 0.366 e. The lowest BCUT2D eigenvalue weighted by atomic mass is 10.0. The van der Waals surface area contributed by atoms with Crippen LogP contribution in [-0.2, 0) is 4.79 Å². The van der Waals surface area contributed by atoms with Gasteiger partial charge < -0.3 is 10.6 Å². The lowest BCUT2D eigenvalue weighted by molar-refractivity contribution is -0.114. The summed E-state index contributed by atoms with van der Waals surface area (Å²) in [6.07, 6.45) is 7.80. The minimum atomic E-state index is -0.281. The fourth-order valence-electron chi connectivity index (χ4n) is 3.12. The molecular weight excluding hydrogens is 214 g/mol. The van der Waals surface area contributed by atoms with E-state index in [1.54, 1.807) is 0 Å². The molecule has 2 fully saturated rings. The van der Waals surface area contributed by atoms with Gasteiger partial charge in [0.25, 0.3) is 0 Å². The number of rotatable bonds is 1. The van der Waals surface area contributed by atoms with Gasteiger partial charge in [0.05, 0.1) is 0 Å². The zero-order valence-electron chi connectivity index (χ0n) is 10.1. The number of hydrogen-bond donors (Lipinski definition) is 1. The van der Waals surface area contributed by atoms with Gasteiger partial charge in [-0.15, -0.1) is 0 Å². The highest BCUT2D eigenvalue weighted by Gasteiger charge is 2.33. The highest BCUT2D eigenvalue weighted by Crippen LogP contribution is 2.28. The molecule has 2 N–H and O–H groups in total. The standard InChI is InChI=1S/C13H19N3O/c14-13(17)10-4-5-12-9-15-6-2-1-3-11(8-15)16(12)7-10/h4-5,11H,1-3,6-9H2,(H2,14,17). The van der Waals surface area contributed by atoms with E-state index >= 15 is 0 Å². The van der Waals surface area contributed by atoms with E-state index in [0.29, 0.717) is 12.6 Å². The number of allylic oxidation sites excluding steroid dienone is 2. The molecule has 3 aliphatic heterocycles. The van der Waals surface area contributed by atoms with Gasteiger partial charge in [-0.25, -0.2) is 0 Å². The normalized spacial score (nSPS) is 32.1. The Morgan fingerprint density at radius 3 is 3.00 bits per heavy atom. The quantitative estimate of drug-likeness (QED) is 0.716. The van der Waals surface area contributed by atoms with E-state index in [2.05, 4.69) is 15.9 Å². The molecule has 4 nitrogen and oxygen atoms in total. The van der Waals surface area contributed by atoms with E-state index in [1.165, 1.54) is 31.5 Å². The molecule has 2 unspecified atom stereocenters. The molecule has 0 aromatic heterocycles. The summed E-state index contributed by atoms with van der Waals surface area (Å²) in [4.78, 5) is 16.2. The third-order valence-corrected chi connectivity index (χ3v) is 4.06. The number of nitrogens with two attached hydrogens (primary N) is 1. The van der Waals surface area contributed by atoms with Crippen LogP contribution in [0.25, 0.3) is 0 Å². The third kappa shape index (κ3) is 1.97. The van der Waals surface area contributed by atoms with Crippen LogP contribution in [0.15, 0.2) is 23.4 Å². The topological polar surface area (TPSA) is 49.6 Å². The summed E-state index contributed by atoms with van der Waals surface area (Å²) >= 11 is 0. The molecule has 0 aliphatic carbocycles. The van der Waals surface area contributed by atoms with Crippen LogP contribution in [0.2, 0.25) is 0 Å². The first kappa shape index (κ1) is 10.8. The first-order valence-corrected chi connectivity index (χ1v) is 6.42. The van der Waals surface area contributed by atoms with Gasteiger partial charge in [-0.2, -0.15) is 0 Å². The summed E-state index contributed by atoms with van der Waals surface area (Å²) in [5, 5.41) is 0. The van der Waals surface area contributed by atoms with Crippen molar-refractivity contribution in [3.63, 3.8) is 0 Å². The van der Waals surface area contributed by atoms with E-state index in [4.69, 9.17) is 5.73 Å². The van der Waals surface area contributed by atoms with E-state index in [9.17, 15) is 4.79 Å². The van der Waals surface area contributed by atoms with Crippen molar-refractivity contribution < 1.29 is 4.79 Å². The molecule has 0 radical (unpaired) electrons. The molecule has 2 bridgehead atoms. The number of piperazine rings is 1. The van der Waals surface area contributed by atoms with Crippen molar-refractivity contribution >= 4 is 5.91 Å². The van der Waals surface area contributed by atoms with Gasteiger partial charge in [0.15, 0.2) is 0 Å². The van der Waals surface area contributed by atoms with Crippen LogP contribution in [-0.4, -0.2) is 47.9 Å². The number of fused-ring (bicyclic) bond motifs is 4. The van der Waals surface area contributed by atoms with Crippen molar-refractivity contribution in [1.29, 1.82) is 0 Å². The Hall–Kier alpha value is -1.29. The van der Waals surface area contributed by atoms with Gasteiger partial charge in [-0.3, -0.25) is 9.69 Å². The molecule has 0 spiro atoms. The third-order valence-electron chi connectivity index (χ3n) is 4.06. The van der Waals surface area contributed by atoms with Crippen molar-refractivity contribution in [2.75, 3.05) is 26.2 Å². The monoisotopic (exact) mass is 233 g/mol.